The van der Waals surface area contributed by atoms with Crippen LogP contribution in [0.2, 0.25) is 5.02 Å². The van der Waals surface area contributed by atoms with Crippen LogP contribution in [0.5, 0.6) is 0 Å². The average molecular weight is 256 g/mol. The molecule has 0 saturated heterocycles. The Kier molecular flexibility index (Phi) is 3.78. The van der Waals surface area contributed by atoms with E-state index in [1.54, 1.807) is 24.3 Å². The van der Waals surface area contributed by atoms with Gasteiger partial charge in [0.2, 0.25) is 5.91 Å². The quantitative estimate of drug-likeness (QED) is 0.844. The zero-order valence-corrected chi connectivity index (χ0v) is 10.7. The van der Waals surface area contributed by atoms with Crippen LogP contribution in [0, 0.1) is 5.41 Å². The van der Waals surface area contributed by atoms with Crippen molar-refractivity contribution in [1.29, 1.82) is 0 Å². The van der Waals surface area contributed by atoms with Crippen LogP contribution in [0.3, 0.4) is 0 Å². The molecule has 17 heavy (non-hydrogen) atoms. The van der Waals surface area contributed by atoms with Crippen molar-refractivity contribution in [2.24, 2.45) is 5.41 Å². The number of anilines is 1. The van der Waals surface area contributed by atoms with Crippen LogP contribution >= 0.6 is 11.6 Å². The molecule has 0 fully saturated rings. The molecule has 0 aliphatic carbocycles. The zero-order valence-electron chi connectivity index (χ0n) is 9.90. The van der Waals surface area contributed by atoms with E-state index in [9.17, 15) is 9.59 Å². The minimum Gasteiger partial charge on any atom is -0.480 e. The van der Waals surface area contributed by atoms with Crippen LogP contribution < -0.4 is 4.90 Å². The van der Waals surface area contributed by atoms with Gasteiger partial charge in [-0.2, -0.15) is 0 Å². The summed E-state index contributed by atoms with van der Waals surface area (Å²) in [7, 11) is 1.54. The number of carboxylic acids is 1. The van der Waals surface area contributed by atoms with E-state index >= 15 is 0 Å². The predicted octanol–water partition coefficient (Wildman–Crippen LogP) is 2.41. The lowest BCUT2D eigenvalue weighted by Crippen LogP contribution is -2.43. The van der Waals surface area contributed by atoms with Gasteiger partial charge in [0.15, 0.2) is 0 Å². The third-order valence-electron chi connectivity index (χ3n) is 2.59. The summed E-state index contributed by atoms with van der Waals surface area (Å²) in [5, 5.41) is 9.55. The summed E-state index contributed by atoms with van der Waals surface area (Å²) in [5.74, 6) is -1.63. The second-order valence-corrected chi connectivity index (χ2v) is 4.71. The number of carboxylic acid groups (broad SMARTS) is 1. The standard InChI is InChI=1S/C12H14ClNO3/c1-12(2,11(16)17)10(15)14(3)9-6-4-8(13)5-7-9/h4-7H,1-3H3,(H,16,17). The maximum atomic E-state index is 12.0. The number of hydrogen-bond donors (Lipinski definition) is 1. The van der Waals surface area contributed by atoms with E-state index in [-0.39, 0.29) is 0 Å². The summed E-state index contributed by atoms with van der Waals surface area (Å²) in [6.45, 7) is 2.76. The fourth-order valence-corrected chi connectivity index (χ4v) is 1.42. The van der Waals surface area contributed by atoms with Crippen LogP contribution in [0.4, 0.5) is 5.69 Å². The van der Waals surface area contributed by atoms with Gasteiger partial charge in [-0.3, -0.25) is 9.59 Å². The Labute approximate surface area is 105 Å². The third kappa shape index (κ3) is 2.77. The number of carbonyl (C=O) groups excluding carboxylic acids is 1. The fraction of sp³-hybridized carbons (Fsp3) is 0.333. The van der Waals surface area contributed by atoms with Gasteiger partial charge < -0.3 is 10.0 Å². The van der Waals surface area contributed by atoms with Crippen molar-refractivity contribution in [1.82, 2.24) is 0 Å². The van der Waals surface area contributed by atoms with Crippen LogP contribution in [-0.4, -0.2) is 24.0 Å². The molecule has 1 N–H and O–H groups in total. The highest BCUT2D eigenvalue weighted by Crippen LogP contribution is 2.24. The molecule has 5 heteroatoms. The van der Waals surface area contributed by atoms with Crippen molar-refractivity contribution in [2.45, 2.75) is 13.8 Å². The number of nitrogens with zero attached hydrogens (tertiary/aromatic N) is 1. The number of benzene rings is 1. The highest BCUT2D eigenvalue weighted by atomic mass is 35.5. The second-order valence-electron chi connectivity index (χ2n) is 4.27. The molecule has 0 unspecified atom stereocenters. The first kappa shape index (κ1) is 13.5. The lowest BCUT2D eigenvalue weighted by Gasteiger charge is -2.26. The van der Waals surface area contributed by atoms with Crippen molar-refractivity contribution < 1.29 is 14.7 Å². The molecule has 1 rings (SSSR count). The van der Waals surface area contributed by atoms with E-state index in [2.05, 4.69) is 0 Å². The molecule has 0 saturated carbocycles. The molecule has 0 spiro atoms. The van der Waals surface area contributed by atoms with Crippen LogP contribution in [0.1, 0.15) is 13.8 Å². The van der Waals surface area contributed by atoms with Crippen molar-refractivity contribution in [3.63, 3.8) is 0 Å². The van der Waals surface area contributed by atoms with E-state index in [0.717, 1.165) is 0 Å². The molecule has 0 aliphatic heterocycles. The Morgan fingerprint density at radius 2 is 1.71 bits per heavy atom. The lowest BCUT2D eigenvalue weighted by atomic mass is 9.92. The minimum absolute atomic E-state index is 0.479. The number of carbonyl (C=O) groups is 2. The number of amides is 1. The molecular formula is C12H14ClNO3. The van der Waals surface area contributed by atoms with Gasteiger partial charge in [0.1, 0.15) is 5.41 Å². The Balaban J connectivity index is 2.98. The largest absolute Gasteiger partial charge is 0.480 e. The smallest absolute Gasteiger partial charge is 0.318 e. The van der Waals surface area contributed by atoms with Gasteiger partial charge in [-0.25, -0.2) is 0 Å². The Morgan fingerprint density at radius 3 is 2.12 bits per heavy atom. The molecule has 0 aromatic heterocycles. The molecule has 1 amide bonds. The first-order chi connectivity index (χ1) is 7.76. The SMILES string of the molecule is CN(C(=O)C(C)(C)C(=O)O)c1ccc(Cl)cc1. The van der Waals surface area contributed by atoms with Crippen molar-refractivity contribution >= 4 is 29.2 Å². The molecule has 1 aromatic rings. The molecule has 92 valence electrons. The van der Waals surface area contributed by atoms with Crippen molar-refractivity contribution in [3.8, 4) is 0 Å². The van der Waals surface area contributed by atoms with Crippen LogP contribution in [0.15, 0.2) is 24.3 Å². The van der Waals surface area contributed by atoms with Gasteiger partial charge in [-0.1, -0.05) is 11.6 Å². The molecule has 1 aromatic carbocycles. The summed E-state index contributed by atoms with van der Waals surface area (Å²) in [5.41, 5.74) is -0.845. The molecule has 0 atom stereocenters. The molecule has 0 heterocycles. The molecule has 0 aliphatic rings. The highest BCUT2D eigenvalue weighted by Gasteiger charge is 2.38. The number of rotatable bonds is 3. The van der Waals surface area contributed by atoms with E-state index in [0.29, 0.717) is 10.7 Å². The lowest BCUT2D eigenvalue weighted by molar-refractivity contribution is -0.152. The zero-order chi connectivity index (χ0) is 13.2. The van der Waals surface area contributed by atoms with Gasteiger partial charge in [-0.05, 0) is 38.1 Å². The summed E-state index contributed by atoms with van der Waals surface area (Å²) in [6, 6.07) is 6.62. The van der Waals surface area contributed by atoms with Crippen LogP contribution in [0.25, 0.3) is 0 Å². The van der Waals surface area contributed by atoms with Gasteiger partial charge in [-0.15, -0.1) is 0 Å². The van der Waals surface area contributed by atoms with Crippen molar-refractivity contribution in [2.75, 3.05) is 11.9 Å². The van der Waals surface area contributed by atoms with Gasteiger partial charge in [0.05, 0.1) is 0 Å². The fourth-order valence-electron chi connectivity index (χ4n) is 1.29. The monoisotopic (exact) mass is 255 g/mol. The Hall–Kier alpha value is -1.55. The first-order valence-electron chi connectivity index (χ1n) is 5.04. The van der Waals surface area contributed by atoms with Crippen molar-refractivity contribution in [3.05, 3.63) is 29.3 Å². The summed E-state index contributed by atoms with van der Waals surface area (Å²) in [4.78, 5) is 24.3. The van der Waals surface area contributed by atoms with E-state index in [1.165, 1.54) is 25.8 Å². The topological polar surface area (TPSA) is 57.6 Å². The molecule has 4 nitrogen and oxygen atoms in total. The summed E-state index contributed by atoms with van der Waals surface area (Å²) < 4.78 is 0. The molecule has 0 bridgehead atoms. The van der Waals surface area contributed by atoms with Gasteiger partial charge in [0, 0.05) is 17.8 Å². The number of aliphatic carboxylic acids is 1. The second kappa shape index (κ2) is 4.75. The Morgan fingerprint density at radius 1 is 1.24 bits per heavy atom. The number of halogens is 1. The molecular weight excluding hydrogens is 242 g/mol. The first-order valence-corrected chi connectivity index (χ1v) is 5.41. The summed E-state index contributed by atoms with van der Waals surface area (Å²) in [6.07, 6.45) is 0. The Bertz CT molecular complexity index is 440. The van der Waals surface area contributed by atoms with Gasteiger partial charge in [0.25, 0.3) is 0 Å². The minimum atomic E-state index is -1.45. The maximum absolute atomic E-state index is 12.0. The van der Waals surface area contributed by atoms with E-state index in [1.807, 2.05) is 0 Å². The third-order valence-corrected chi connectivity index (χ3v) is 2.84. The molecule has 0 radical (unpaired) electrons. The van der Waals surface area contributed by atoms with Crippen LogP contribution in [-0.2, 0) is 9.59 Å². The summed E-state index contributed by atoms with van der Waals surface area (Å²) >= 11 is 5.74. The van der Waals surface area contributed by atoms with E-state index in [4.69, 9.17) is 16.7 Å². The van der Waals surface area contributed by atoms with Gasteiger partial charge >= 0.3 is 5.97 Å². The van der Waals surface area contributed by atoms with E-state index < -0.39 is 17.3 Å². The number of hydrogen-bond acceptors (Lipinski definition) is 2. The predicted molar refractivity (Wildman–Crippen MR) is 66.3 cm³/mol. The normalized spacial score (nSPS) is 11.1. The highest BCUT2D eigenvalue weighted by molar-refractivity contribution is 6.30. The maximum Gasteiger partial charge on any atom is 0.318 e. The average Bonchev–Trinajstić information content (AvgIpc) is 2.27.